The second kappa shape index (κ2) is 8.50. The van der Waals surface area contributed by atoms with Crippen molar-refractivity contribution in [2.24, 2.45) is 0 Å². The third-order valence-corrected chi connectivity index (χ3v) is 2.45. The highest BCUT2D eigenvalue weighted by Crippen LogP contribution is 2.05. The normalized spacial score (nSPS) is 10.6. The van der Waals surface area contributed by atoms with E-state index in [1.807, 2.05) is 12.1 Å². The minimum absolute atomic E-state index is 0.688. The zero-order valence-electron chi connectivity index (χ0n) is 9.80. The molecular weight excluding hydrogens is 222 g/mol. The van der Waals surface area contributed by atoms with Crippen molar-refractivity contribution in [2.45, 2.75) is 26.3 Å². The Bertz CT molecular complexity index is 274. The van der Waals surface area contributed by atoms with Crippen molar-refractivity contribution in [1.29, 1.82) is 0 Å². The fourth-order valence-electron chi connectivity index (χ4n) is 1.37. The van der Waals surface area contributed by atoms with E-state index in [1.165, 1.54) is 6.42 Å². The van der Waals surface area contributed by atoms with Crippen molar-refractivity contribution in [3.8, 4) is 0 Å². The van der Waals surface area contributed by atoms with Gasteiger partial charge in [0.15, 0.2) is 0 Å². The van der Waals surface area contributed by atoms with Crippen molar-refractivity contribution < 1.29 is 0 Å². The minimum Gasteiger partial charge on any atom is -0.317 e. The molecule has 0 bridgehead atoms. The van der Waals surface area contributed by atoms with Crippen LogP contribution in [0.4, 0.5) is 0 Å². The monoisotopic (exact) mass is 241 g/mol. The minimum atomic E-state index is 0.688. The van der Waals surface area contributed by atoms with E-state index in [9.17, 15) is 0 Å². The highest BCUT2D eigenvalue weighted by molar-refractivity contribution is 6.30. The van der Waals surface area contributed by atoms with Gasteiger partial charge >= 0.3 is 0 Å². The molecule has 4 heteroatoms. The van der Waals surface area contributed by atoms with Crippen molar-refractivity contribution in [3.63, 3.8) is 0 Å². The molecule has 2 N–H and O–H groups in total. The summed E-state index contributed by atoms with van der Waals surface area (Å²) in [7, 11) is 0. The Morgan fingerprint density at radius 2 is 2.00 bits per heavy atom. The molecule has 0 amide bonds. The highest BCUT2D eigenvalue weighted by atomic mass is 35.5. The van der Waals surface area contributed by atoms with Crippen molar-refractivity contribution in [1.82, 2.24) is 15.6 Å². The highest BCUT2D eigenvalue weighted by Gasteiger charge is 1.94. The average Bonchev–Trinajstić information content (AvgIpc) is 2.30. The van der Waals surface area contributed by atoms with Crippen LogP contribution in [-0.2, 0) is 6.54 Å². The molecule has 0 atom stereocenters. The topological polar surface area (TPSA) is 37.0 Å². The molecule has 3 nitrogen and oxygen atoms in total. The van der Waals surface area contributed by atoms with Gasteiger partial charge in [0.2, 0.25) is 0 Å². The van der Waals surface area contributed by atoms with Gasteiger partial charge < -0.3 is 10.6 Å². The van der Waals surface area contributed by atoms with E-state index >= 15 is 0 Å². The van der Waals surface area contributed by atoms with Crippen LogP contribution >= 0.6 is 11.6 Å². The fraction of sp³-hybridized carbons (Fsp3) is 0.583. The fourth-order valence-corrected chi connectivity index (χ4v) is 1.48. The molecule has 0 aliphatic carbocycles. The second-order valence-corrected chi connectivity index (χ2v) is 4.18. The van der Waals surface area contributed by atoms with Crippen LogP contribution in [0.2, 0.25) is 5.02 Å². The van der Waals surface area contributed by atoms with Gasteiger partial charge in [-0.3, -0.25) is 4.98 Å². The molecule has 0 aromatic carbocycles. The predicted octanol–water partition coefficient (Wildman–Crippen LogP) is 2.21. The van der Waals surface area contributed by atoms with Gasteiger partial charge in [-0.2, -0.15) is 0 Å². The van der Waals surface area contributed by atoms with Crippen LogP contribution in [0.5, 0.6) is 0 Å². The van der Waals surface area contributed by atoms with Crippen molar-refractivity contribution in [3.05, 3.63) is 29.0 Å². The molecule has 0 radical (unpaired) electrons. The Labute approximate surface area is 103 Å². The first-order chi connectivity index (χ1) is 7.83. The van der Waals surface area contributed by atoms with Crippen LogP contribution in [0.25, 0.3) is 0 Å². The van der Waals surface area contributed by atoms with Gasteiger partial charge in [0.25, 0.3) is 0 Å². The maximum Gasteiger partial charge on any atom is 0.0589 e. The number of rotatable bonds is 8. The summed E-state index contributed by atoms with van der Waals surface area (Å²) in [4.78, 5) is 4.22. The first-order valence-corrected chi connectivity index (χ1v) is 6.22. The maximum atomic E-state index is 5.75. The SMILES string of the molecule is CCCNCCCNCc1ccc(Cl)cn1. The number of nitrogens with one attached hydrogen (secondary N) is 2. The predicted molar refractivity (Wildman–Crippen MR) is 68.7 cm³/mol. The number of pyridine rings is 1. The Morgan fingerprint density at radius 1 is 1.19 bits per heavy atom. The van der Waals surface area contributed by atoms with Crippen LogP contribution in [0.1, 0.15) is 25.5 Å². The Balaban J connectivity index is 2.01. The Hall–Kier alpha value is -0.640. The number of hydrogen-bond donors (Lipinski definition) is 2. The van der Waals surface area contributed by atoms with Gasteiger partial charge in [-0.1, -0.05) is 18.5 Å². The molecule has 1 heterocycles. The largest absolute Gasteiger partial charge is 0.317 e. The molecule has 0 saturated heterocycles. The molecular formula is C12H20ClN3. The van der Waals surface area contributed by atoms with Crippen LogP contribution in [-0.4, -0.2) is 24.6 Å². The number of hydrogen-bond acceptors (Lipinski definition) is 3. The quantitative estimate of drug-likeness (QED) is 0.686. The average molecular weight is 242 g/mol. The summed E-state index contributed by atoms with van der Waals surface area (Å²) in [5.74, 6) is 0. The van der Waals surface area contributed by atoms with E-state index in [4.69, 9.17) is 11.6 Å². The number of aromatic nitrogens is 1. The molecule has 0 spiro atoms. The summed E-state index contributed by atoms with van der Waals surface area (Å²) >= 11 is 5.75. The lowest BCUT2D eigenvalue weighted by molar-refractivity contribution is 0.588. The standard InChI is InChI=1S/C12H20ClN3/c1-2-6-14-7-3-8-15-10-12-5-4-11(13)9-16-12/h4-5,9,14-15H,2-3,6-8,10H2,1H3. The lowest BCUT2D eigenvalue weighted by Gasteiger charge is -2.05. The molecule has 1 aromatic heterocycles. The smallest absolute Gasteiger partial charge is 0.0589 e. The second-order valence-electron chi connectivity index (χ2n) is 3.75. The van der Waals surface area contributed by atoms with Crippen LogP contribution < -0.4 is 10.6 Å². The lowest BCUT2D eigenvalue weighted by atomic mass is 10.3. The summed E-state index contributed by atoms with van der Waals surface area (Å²) in [5.41, 5.74) is 1.03. The van der Waals surface area contributed by atoms with E-state index in [0.717, 1.165) is 38.3 Å². The molecule has 90 valence electrons. The maximum absolute atomic E-state index is 5.75. The number of halogens is 1. The van der Waals surface area contributed by atoms with E-state index < -0.39 is 0 Å². The summed E-state index contributed by atoms with van der Waals surface area (Å²) in [6.45, 7) is 6.19. The van der Waals surface area contributed by atoms with Gasteiger partial charge in [-0.05, 0) is 44.6 Å². The summed E-state index contributed by atoms with van der Waals surface area (Å²) in [6, 6.07) is 3.82. The lowest BCUT2D eigenvalue weighted by Crippen LogP contribution is -2.22. The zero-order chi connectivity index (χ0) is 11.6. The summed E-state index contributed by atoms with van der Waals surface area (Å²) in [6.07, 6.45) is 4.02. The Kier molecular flexibility index (Phi) is 7.14. The molecule has 0 fully saturated rings. The molecule has 1 rings (SSSR count). The van der Waals surface area contributed by atoms with Crippen molar-refractivity contribution in [2.75, 3.05) is 19.6 Å². The third kappa shape index (κ3) is 6.05. The van der Waals surface area contributed by atoms with Gasteiger partial charge in [0.1, 0.15) is 0 Å². The zero-order valence-corrected chi connectivity index (χ0v) is 10.6. The molecule has 0 aliphatic rings. The van der Waals surface area contributed by atoms with Crippen molar-refractivity contribution >= 4 is 11.6 Å². The Morgan fingerprint density at radius 3 is 2.69 bits per heavy atom. The molecule has 0 saturated carbocycles. The van der Waals surface area contributed by atoms with Gasteiger partial charge in [-0.25, -0.2) is 0 Å². The van der Waals surface area contributed by atoms with E-state index in [-0.39, 0.29) is 0 Å². The van der Waals surface area contributed by atoms with E-state index in [0.29, 0.717) is 5.02 Å². The van der Waals surface area contributed by atoms with Crippen LogP contribution in [0.15, 0.2) is 18.3 Å². The van der Waals surface area contributed by atoms with E-state index in [1.54, 1.807) is 6.20 Å². The van der Waals surface area contributed by atoms with Gasteiger partial charge in [0.05, 0.1) is 10.7 Å². The van der Waals surface area contributed by atoms with E-state index in [2.05, 4.69) is 22.5 Å². The molecule has 0 aliphatic heterocycles. The van der Waals surface area contributed by atoms with Crippen LogP contribution in [0, 0.1) is 0 Å². The first-order valence-electron chi connectivity index (χ1n) is 5.85. The van der Waals surface area contributed by atoms with Gasteiger partial charge in [0, 0.05) is 12.7 Å². The molecule has 0 unspecified atom stereocenters. The molecule has 1 aromatic rings. The summed E-state index contributed by atoms with van der Waals surface area (Å²) in [5, 5.41) is 7.41. The number of nitrogens with zero attached hydrogens (tertiary/aromatic N) is 1. The van der Waals surface area contributed by atoms with Crippen LogP contribution in [0.3, 0.4) is 0 Å². The first kappa shape index (κ1) is 13.4. The molecule has 16 heavy (non-hydrogen) atoms. The summed E-state index contributed by atoms with van der Waals surface area (Å²) < 4.78 is 0. The van der Waals surface area contributed by atoms with Gasteiger partial charge in [-0.15, -0.1) is 0 Å². The third-order valence-electron chi connectivity index (χ3n) is 2.23.